The van der Waals surface area contributed by atoms with E-state index in [0.717, 1.165) is 25.8 Å². The van der Waals surface area contributed by atoms with E-state index in [4.69, 9.17) is 5.73 Å². The third-order valence-corrected chi connectivity index (χ3v) is 7.44. The Balaban J connectivity index is 2.36. The van der Waals surface area contributed by atoms with Crippen LogP contribution in [0, 0.1) is 0 Å². The molecule has 0 aliphatic carbocycles. The maximum absolute atomic E-state index is 5.60. The Kier molecular flexibility index (Phi) is 2.58. The third-order valence-electron chi connectivity index (χ3n) is 0.833. The van der Waals surface area contributed by atoms with E-state index in [1.807, 2.05) is 0 Å². The van der Waals surface area contributed by atoms with Crippen LogP contribution in [0.3, 0.4) is 0 Å². The Labute approximate surface area is 54.4 Å². The van der Waals surface area contributed by atoms with Gasteiger partial charge in [0.25, 0.3) is 0 Å². The third kappa shape index (κ3) is 2.07. The molecule has 1 nitrogen and oxygen atoms in total. The van der Waals surface area contributed by atoms with Gasteiger partial charge in [0.2, 0.25) is 0 Å². The van der Waals surface area contributed by atoms with Crippen LogP contribution >= 0.6 is 0 Å². The molecule has 7 heavy (non-hydrogen) atoms. The van der Waals surface area contributed by atoms with E-state index in [9.17, 15) is 0 Å². The van der Waals surface area contributed by atoms with Gasteiger partial charge in [-0.1, -0.05) is 0 Å². The second-order valence-corrected chi connectivity index (χ2v) is 8.50. The van der Waals surface area contributed by atoms with Gasteiger partial charge in [0.1, 0.15) is 0 Å². The zero-order valence-corrected chi connectivity index (χ0v) is 7.39. The summed E-state index contributed by atoms with van der Waals surface area (Å²) in [4.78, 5) is 2.30. The van der Waals surface area contributed by atoms with Crippen LogP contribution in [0.4, 0.5) is 0 Å². The van der Waals surface area contributed by atoms with Crippen molar-refractivity contribution in [3.05, 3.63) is 0 Å². The second-order valence-electron chi connectivity index (χ2n) is 1.51. The summed E-state index contributed by atoms with van der Waals surface area (Å²) < 4.78 is 0. The van der Waals surface area contributed by atoms with Crippen LogP contribution in [0.2, 0.25) is 5.32 Å². The molecule has 3 heteroatoms. The number of nitrogens with two attached hydrogens (primary N) is 1. The van der Waals surface area contributed by atoms with Crippen LogP contribution in [0.5, 0.6) is 0 Å². The fourth-order valence-electron chi connectivity index (χ4n) is 0.411. The normalized spacial score (nSPS) is 30.7. The molecule has 0 saturated carbocycles. The quantitative estimate of drug-likeness (QED) is 0.543. The summed E-state index contributed by atoms with van der Waals surface area (Å²) in [6.45, 7) is 0. The summed E-state index contributed by atoms with van der Waals surface area (Å²) in [5.41, 5.74) is 5.60. The molecular formula is C4H8NSe2. The molecule has 1 heterocycles. The molecule has 1 unspecified atom stereocenters. The predicted molar refractivity (Wildman–Crippen MR) is 35.0 cm³/mol. The SMILES string of the molecule is NC1C=[Se][Se]CC1. The molecule has 0 fully saturated rings. The fraction of sp³-hybridized carbons (Fsp3) is 0.750. The van der Waals surface area contributed by atoms with Crippen LogP contribution in [0.1, 0.15) is 6.42 Å². The molecule has 0 aromatic rings. The minimum absolute atomic E-state index is 0.454. The molecular weight excluding hydrogens is 220 g/mol. The fourth-order valence-corrected chi connectivity index (χ4v) is 6.65. The van der Waals surface area contributed by atoms with Crippen molar-refractivity contribution < 1.29 is 0 Å². The zero-order valence-electron chi connectivity index (χ0n) is 3.96. The molecule has 1 aliphatic rings. The van der Waals surface area contributed by atoms with Gasteiger partial charge in [-0.25, -0.2) is 0 Å². The molecule has 1 radical (unpaired) electrons. The second kappa shape index (κ2) is 3.01. The molecule has 1 atom stereocenters. The standard InChI is InChI=1S/C4H8NSe2/c5-4-1-2-6-7-3-4/h3-4H,1-2,5H2. The Morgan fingerprint density at radius 1 is 1.71 bits per heavy atom. The molecule has 0 aromatic heterocycles. The summed E-state index contributed by atoms with van der Waals surface area (Å²) in [5, 5.41) is 1.42. The first-order chi connectivity index (χ1) is 3.39. The van der Waals surface area contributed by atoms with E-state index in [1.54, 1.807) is 0 Å². The summed E-state index contributed by atoms with van der Waals surface area (Å²) in [7, 11) is 0. The molecule has 0 spiro atoms. The maximum atomic E-state index is 5.60. The molecule has 0 amide bonds. The first kappa shape index (κ1) is 6.00. The van der Waals surface area contributed by atoms with E-state index in [0.29, 0.717) is 6.04 Å². The van der Waals surface area contributed by atoms with Crippen molar-refractivity contribution in [3.8, 4) is 0 Å². The Morgan fingerprint density at radius 3 is 2.86 bits per heavy atom. The molecule has 1 aliphatic heterocycles. The summed E-state index contributed by atoms with van der Waals surface area (Å²) in [6.07, 6.45) is 1.25. The molecule has 0 aromatic carbocycles. The molecule has 0 bridgehead atoms. The van der Waals surface area contributed by atoms with Gasteiger partial charge in [-0.3, -0.25) is 0 Å². The van der Waals surface area contributed by atoms with Crippen molar-refractivity contribution in [2.75, 3.05) is 0 Å². The first-order valence-electron chi connectivity index (χ1n) is 2.27. The van der Waals surface area contributed by atoms with E-state index < -0.39 is 0 Å². The summed E-state index contributed by atoms with van der Waals surface area (Å²) in [6, 6.07) is 0.454. The predicted octanol–water partition coefficient (Wildman–Crippen LogP) is -0.739. The monoisotopic (exact) mass is 230 g/mol. The van der Waals surface area contributed by atoms with Crippen molar-refractivity contribution >= 4 is 30.7 Å². The van der Waals surface area contributed by atoms with Gasteiger partial charge < -0.3 is 0 Å². The van der Waals surface area contributed by atoms with E-state index in [2.05, 4.69) is 4.92 Å². The van der Waals surface area contributed by atoms with Crippen molar-refractivity contribution in [1.29, 1.82) is 0 Å². The van der Waals surface area contributed by atoms with E-state index >= 15 is 0 Å². The Hall–Kier alpha value is 0.869. The Bertz CT molecular complexity index is 81.8. The van der Waals surface area contributed by atoms with E-state index in [-0.39, 0.29) is 0 Å². The van der Waals surface area contributed by atoms with Gasteiger partial charge in [-0.05, 0) is 0 Å². The molecule has 1 rings (SSSR count). The summed E-state index contributed by atoms with van der Waals surface area (Å²) >= 11 is 1.80. The van der Waals surface area contributed by atoms with Crippen molar-refractivity contribution in [1.82, 2.24) is 0 Å². The van der Waals surface area contributed by atoms with Gasteiger partial charge in [0, 0.05) is 0 Å². The molecule has 0 saturated heterocycles. The van der Waals surface area contributed by atoms with Crippen LogP contribution < -0.4 is 5.73 Å². The van der Waals surface area contributed by atoms with Gasteiger partial charge in [0.05, 0.1) is 0 Å². The minimum atomic E-state index is 0.454. The van der Waals surface area contributed by atoms with Gasteiger partial charge >= 0.3 is 54.3 Å². The van der Waals surface area contributed by atoms with Gasteiger partial charge in [-0.15, -0.1) is 0 Å². The van der Waals surface area contributed by atoms with Crippen molar-refractivity contribution in [2.24, 2.45) is 5.73 Å². The van der Waals surface area contributed by atoms with Gasteiger partial charge in [-0.2, -0.15) is 0 Å². The Morgan fingerprint density at radius 2 is 2.57 bits per heavy atom. The van der Waals surface area contributed by atoms with Crippen LogP contribution in [0.15, 0.2) is 0 Å². The van der Waals surface area contributed by atoms with Gasteiger partial charge in [0.15, 0.2) is 0 Å². The number of hydrogen-bond donors (Lipinski definition) is 1. The van der Waals surface area contributed by atoms with Crippen LogP contribution in [-0.4, -0.2) is 36.8 Å². The summed E-state index contributed by atoms with van der Waals surface area (Å²) in [5.74, 6) is 0. The number of hydrogen-bond acceptors (Lipinski definition) is 1. The average Bonchev–Trinajstić information content (AvgIpc) is 1.69. The van der Waals surface area contributed by atoms with Crippen LogP contribution in [0.25, 0.3) is 0 Å². The zero-order chi connectivity index (χ0) is 5.11. The first-order valence-corrected chi connectivity index (χ1v) is 8.80. The van der Waals surface area contributed by atoms with Crippen molar-refractivity contribution in [2.45, 2.75) is 17.8 Å². The molecule has 2 N–H and O–H groups in total. The topological polar surface area (TPSA) is 26.0 Å². The molecule has 41 valence electrons. The van der Waals surface area contributed by atoms with Crippen molar-refractivity contribution in [3.63, 3.8) is 0 Å². The van der Waals surface area contributed by atoms with E-state index in [1.165, 1.54) is 11.7 Å². The number of rotatable bonds is 0. The average molecular weight is 228 g/mol. The van der Waals surface area contributed by atoms with Crippen LogP contribution in [-0.2, 0) is 0 Å².